The number of carboxylic acids is 1. The maximum Gasteiger partial charge on any atom is 0.326 e. The molecule has 0 bridgehead atoms. The maximum atomic E-state index is 12.7. The van der Waals surface area contributed by atoms with Crippen LogP contribution in [0.3, 0.4) is 0 Å². The van der Waals surface area contributed by atoms with Crippen LogP contribution >= 0.6 is 0 Å². The van der Waals surface area contributed by atoms with E-state index in [0.29, 0.717) is 5.56 Å². The molecular weight excluding hydrogens is 270 g/mol. The SMILES string of the molecule is CC(C)(C)c1ccccc1C(=O)N1C[C@H](O)C[C@H]1C(=O)O. The molecule has 1 saturated heterocycles. The smallest absolute Gasteiger partial charge is 0.326 e. The summed E-state index contributed by atoms with van der Waals surface area (Å²) in [5.74, 6) is -1.40. The van der Waals surface area contributed by atoms with Gasteiger partial charge in [-0.3, -0.25) is 4.79 Å². The lowest BCUT2D eigenvalue weighted by Gasteiger charge is -2.26. The Bertz CT molecular complexity index is 562. The standard InChI is InChI=1S/C16H21NO4/c1-16(2,3)12-7-5-4-6-11(12)14(19)17-9-10(18)8-13(17)15(20)21/h4-7,10,13,18H,8-9H2,1-3H3,(H,20,21)/t10-,13+/m1/s1. The molecule has 21 heavy (non-hydrogen) atoms. The van der Waals surface area contributed by atoms with Crippen LogP contribution in [0.25, 0.3) is 0 Å². The predicted molar refractivity (Wildman–Crippen MR) is 78.2 cm³/mol. The lowest BCUT2D eigenvalue weighted by molar-refractivity contribution is -0.141. The molecule has 1 heterocycles. The van der Waals surface area contributed by atoms with Gasteiger partial charge >= 0.3 is 5.97 Å². The van der Waals surface area contributed by atoms with Crippen molar-refractivity contribution < 1.29 is 19.8 Å². The zero-order valence-corrected chi connectivity index (χ0v) is 12.5. The maximum absolute atomic E-state index is 12.7. The van der Waals surface area contributed by atoms with Crippen molar-refractivity contribution in [3.05, 3.63) is 35.4 Å². The summed E-state index contributed by atoms with van der Waals surface area (Å²) < 4.78 is 0. The number of amides is 1. The first kappa shape index (κ1) is 15.5. The molecule has 0 radical (unpaired) electrons. The first-order chi connectivity index (χ1) is 9.71. The van der Waals surface area contributed by atoms with E-state index in [1.54, 1.807) is 12.1 Å². The van der Waals surface area contributed by atoms with Crippen molar-refractivity contribution in [2.24, 2.45) is 0 Å². The van der Waals surface area contributed by atoms with Gasteiger partial charge in [0.05, 0.1) is 6.10 Å². The Kier molecular flexibility index (Phi) is 4.05. The van der Waals surface area contributed by atoms with Crippen molar-refractivity contribution in [1.82, 2.24) is 4.90 Å². The molecule has 114 valence electrons. The number of aliphatic hydroxyl groups is 1. The molecule has 2 rings (SSSR count). The van der Waals surface area contributed by atoms with Crippen LogP contribution in [0.4, 0.5) is 0 Å². The van der Waals surface area contributed by atoms with Crippen LogP contribution in [-0.4, -0.2) is 45.7 Å². The van der Waals surface area contributed by atoms with Crippen molar-refractivity contribution >= 4 is 11.9 Å². The van der Waals surface area contributed by atoms with Crippen LogP contribution in [0, 0.1) is 0 Å². The van der Waals surface area contributed by atoms with Crippen molar-refractivity contribution in [1.29, 1.82) is 0 Å². The van der Waals surface area contributed by atoms with Gasteiger partial charge in [0.15, 0.2) is 0 Å². The summed E-state index contributed by atoms with van der Waals surface area (Å²) in [4.78, 5) is 25.3. The molecule has 2 atom stereocenters. The predicted octanol–water partition coefficient (Wildman–Crippen LogP) is 1.64. The number of carbonyl (C=O) groups excluding carboxylic acids is 1. The molecule has 1 aliphatic rings. The van der Waals surface area contributed by atoms with Gasteiger partial charge in [0.2, 0.25) is 0 Å². The minimum Gasteiger partial charge on any atom is -0.480 e. The highest BCUT2D eigenvalue weighted by Gasteiger charge is 2.40. The van der Waals surface area contributed by atoms with Gasteiger partial charge in [-0.15, -0.1) is 0 Å². The molecule has 2 N–H and O–H groups in total. The van der Waals surface area contributed by atoms with Crippen LogP contribution in [0.2, 0.25) is 0 Å². The summed E-state index contributed by atoms with van der Waals surface area (Å²) in [6, 6.07) is 6.28. The number of aliphatic carboxylic acids is 1. The number of carbonyl (C=O) groups is 2. The minimum absolute atomic E-state index is 0.0638. The Labute approximate surface area is 124 Å². The molecule has 0 aliphatic carbocycles. The summed E-state index contributed by atoms with van der Waals surface area (Å²) in [6.07, 6.45) is -0.699. The fourth-order valence-electron chi connectivity index (χ4n) is 2.75. The molecule has 0 saturated carbocycles. The fraction of sp³-hybridized carbons (Fsp3) is 0.500. The highest BCUT2D eigenvalue weighted by atomic mass is 16.4. The third-order valence-electron chi connectivity index (χ3n) is 3.79. The number of aliphatic hydroxyl groups excluding tert-OH is 1. The minimum atomic E-state index is -1.08. The summed E-state index contributed by atoms with van der Waals surface area (Å²) in [6.45, 7) is 6.08. The lowest BCUT2D eigenvalue weighted by Crippen LogP contribution is -2.41. The monoisotopic (exact) mass is 291 g/mol. The molecule has 1 fully saturated rings. The largest absolute Gasteiger partial charge is 0.480 e. The molecule has 0 spiro atoms. The summed E-state index contributed by atoms with van der Waals surface area (Å²) >= 11 is 0. The number of benzene rings is 1. The van der Waals surface area contributed by atoms with Crippen LogP contribution in [0.5, 0.6) is 0 Å². The highest BCUT2D eigenvalue weighted by Crippen LogP contribution is 2.29. The van der Waals surface area contributed by atoms with E-state index in [1.807, 2.05) is 32.9 Å². The van der Waals surface area contributed by atoms with Crippen molar-refractivity contribution in [2.75, 3.05) is 6.54 Å². The third-order valence-corrected chi connectivity index (χ3v) is 3.79. The number of likely N-dealkylation sites (tertiary alicyclic amines) is 1. The molecule has 1 aliphatic heterocycles. The Morgan fingerprint density at radius 2 is 1.86 bits per heavy atom. The number of hydrogen-bond donors (Lipinski definition) is 2. The zero-order valence-electron chi connectivity index (χ0n) is 12.5. The summed E-state index contributed by atoms with van der Waals surface area (Å²) in [7, 11) is 0. The van der Waals surface area contributed by atoms with Crippen molar-refractivity contribution in [2.45, 2.75) is 44.8 Å². The number of nitrogens with zero attached hydrogens (tertiary/aromatic N) is 1. The van der Waals surface area contributed by atoms with E-state index in [0.717, 1.165) is 5.56 Å². The van der Waals surface area contributed by atoms with Crippen LogP contribution in [0.1, 0.15) is 43.1 Å². The molecular formula is C16H21NO4. The molecule has 1 aromatic rings. The van der Waals surface area contributed by atoms with E-state index in [9.17, 15) is 19.8 Å². The van der Waals surface area contributed by atoms with Crippen molar-refractivity contribution in [3.8, 4) is 0 Å². The number of rotatable bonds is 2. The average molecular weight is 291 g/mol. The second-order valence-corrected chi connectivity index (χ2v) is 6.50. The van der Waals surface area contributed by atoms with Gasteiger partial charge in [-0.05, 0) is 17.0 Å². The zero-order chi connectivity index (χ0) is 15.8. The van der Waals surface area contributed by atoms with Gasteiger partial charge in [-0.25, -0.2) is 4.79 Å². The van der Waals surface area contributed by atoms with Crippen molar-refractivity contribution in [3.63, 3.8) is 0 Å². The Morgan fingerprint density at radius 1 is 1.24 bits per heavy atom. The normalized spacial score (nSPS) is 22.4. The van der Waals surface area contributed by atoms with E-state index in [-0.39, 0.29) is 24.3 Å². The van der Waals surface area contributed by atoms with Crippen LogP contribution < -0.4 is 0 Å². The van der Waals surface area contributed by atoms with Crippen LogP contribution in [-0.2, 0) is 10.2 Å². The lowest BCUT2D eigenvalue weighted by atomic mass is 9.83. The molecule has 5 nitrogen and oxygen atoms in total. The van der Waals surface area contributed by atoms with E-state index in [1.165, 1.54) is 4.90 Å². The van der Waals surface area contributed by atoms with Gasteiger partial charge in [0.25, 0.3) is 5.91 Å². The average Bonchev–Trinajstić information content (AvgIpc) is 2.79. The second-order valence-electron chi connectivity index (χ2n) is 6.50. The van der Waals surface area contributed by atoms with E-state index < -0.39 is 18.1 Å². The Hall–Kier alpha value is -1.88. The number of β-amino-alcohol motifs (C(OH)–C–C–N with tert-alkyl or cyclic N) is 1. The van der Waals surface area contributed by atoms with Gasteiger partial charge < -0.3 is 15.1 Å². The Morgan fingerprint density at radius 3 is 2.43 bits per heavy atom. The molecule has 0 aromatic heterocycles. The summed E-state index contributed by atoms with van der Waals surface area (Å²) in [5.41, 5.74) is 1.16. The molecule has 1 aromatic carbocycles. The molecule has 5 heteroatoms. The number of carboxylic acid groups (broad SMARTS) is 1. The van der Waals surface area contributed by atoms with Gasteiger partial charge in [0.1, 0.15) is 6.04 Å². The van der Waals surface area contributed by atoms with E-state index >= 15 is 0 Å². The third kappa shape index (κ3) is 3.08. The van der Waals surface area contributed by atoms with Gasteiger partial charge in [-0.1, -0.05) is 39.0 Å². The van der Waals surface area contributed by atoms with Crippen LogP contribution in [0.15, 0.2) is 24.3 Å². The topological polar surface area (TPSA) is 77.8 Å². The van der Waals surface area contributed by atoms with E-state index in [2.05, 4.69) is 0 Å². The number of hydrogen-bond acceptors (Lipinski definition) is 3. The summed E-state index contributed by atoms with van der Waals surface area (Å²) in [5, 5.41) is 18.9. The highest BCUT2D eigenvalue weighted by molar-refractivity contribution is 5.98. The molecule has 0 unspecified atom stereocenters. The second kappa shape index (κ2) is 5.48. The molecule has 1 amide bonds. The fourth-order valence-corrected chi connectivity index (χ4v) is 2.75. The first-order valence-corrected chi connectivity index (χ1v) is 7.03. The Balaban J connectivity index is 2.39. The quantitative estimate of drug-likeness (QED) is 0.868. The van der Waals surface area contributed by atoms with Gasteiger partial charge in [-0.2, -0.15) is 0 Å². The van der Waals surface area contributed by atoms with Gasteiger partial charge in [0, 0.05) is 18.5 Å². The first-order valence-electron chi connectivity index (χ1n) is 7.03. The van der Waals surface area contributed by atoms with E-state index in [4.69, 9.17) is 0 Å².